The van der Waals surface area contributed by atoms with Crippen molar-refractivity contribution < 1.29 is 13.9 Å². The van der Waals surface area contributed by atoms with Crippen molar-refractivity contribution in [3.8, 4) is 0 Å². The molecule has 0 amide bonds. The summed E-state index contributed by atoms with van der Waals surface area (Å²) in [4.78, 5) is 11.5. The lowest BCUT2D eigenvalue weighted by Gasteiger charge is -2.12. The largest absolute Gasteiger partial charge is 0.465 e. The van der Waals surface area contributed by atoms with Gasteiger partial charge in [-0.25, -0.2) is 9.18 Å². The van der Waals surface area contributed by atoms with Gasteiger partial charge in [-0.05, 0) is 54.7 Å². The van der Waals surface area contributed by atoms with Crippen LogP contribution in [0.25, 0.3) is 0 Å². The Morgan fingerprint density at radius 3 is 2.50 bits per heavy atom. The second-order valence-electron chi connectivity index (χ2n) is 4.27. The molecule has 0 radical (unpaired) electrons. The highest BCUT2D eigenvalue weighted by Gasteiger charge is 2.10. The minimum Gasteiger partial charge on any atom is -0.465 e. The minimum atomic E-state index is -0.475. The van der Waals surface area contributed by atoms with Gasteiger partial charge < -0.3 is 15.4 Å². The van der Waals surface area contributed by atoms with Gasteiger partial charge in [0.15, 0.2) is 5.11 Å². The third-order valence-electron chi connectivity index (χ3n) is 2.74. The number of hydrogen-bond donors (Lipinski definition) is 2. The van der Waals surface area contributed by atoms with Gasteiger partial charge in [0.2, 0.25) is 0 Å². The fourth-order valence-corrected chi connectivity index (χ4v) is 2.08. The summed E-state index contributed by atoms with van der Waals surface area (Å²) in [5.74, 6) is -0.810. The molecule has 7 heteroatoms. The van der Waals surface area contributed by atoms with E-state index >= 15 is 0 Å². The summed E-state index contributed by atoms with van der Waals surface area (Å²) in [6.07, 6.45) is 0. The molecule has 2 rings (SSSR count). The molecular formula is C15H12ClFN2O2S. The number of halogens is 2. The summed E-state index contributed by atoms with van der Waals surface area (Å²) >= 11 is 11.2. The van der Waals surface area contributed by atoms with Crippen LogP contribution in [0.4, 0.5) is 15.8 Å². The van der Waals surface area contributed by atoms with Crippen molar-refractivity contribution >= 4 is 46.3 Å². The number of carbonyl (C=O) groups excluding carboxylic acids is 1. The molecule has 0 heterocycles. The van der Waals surface area contributed by atoms with Crippen LogP contribution in [-0.4, -0.2) is 18.2 Å². The molecule has 0 unspecified atom stereocenters. The second kappa shape index (κ2) is 7.20. The Morgan fingerprint density at radius 2 is 1.86 bits per heavy atom. The predicted octanol–water partition coefficient (Wildman–Crippen LogP) is 4.07. The molecule has 0 aliphatic rings. The van der Waals surface area contributed by atoms with Crippen molar-refractivity contribution in [2.45, 2.75) is 0 Å². The zero-order valence-electron chi connectivity index (χ0n) is 11.5. The van der Waals surface area contributed by atoms with Gasteiger partial charge in [0, 0.05) is 5.69 Å². The van der Waals surface area contributed by atoms with E-state index < -0.39 is 5.97 Å². The summed E-state index contributed by atoms with van der Waals surface area (Å²) in [5.41, 5.74) is 1.43. The molecule has 4 nitrogen and oxygen atoms in total. The average molecular weight is 339 g/mol. The summed E-state index contributed by atoms with van der Waals surface area (Å²) < 4.78 is 17.5. The molecular weight excluding hydrogens is 327 g/mol. The lowest BCUT2D eigenvalue weighted by atomic mass is 10.2. The number of ether oxygens (including phenoxy) is 1. The number of methoxy groups -OCH3 is 1. The van der Waals surface area contributed by atoms with Gasteiger partial charge >= 0.3 is 5.97 Å². The lowest BCUT2D eigenvalue weighted by molar-refractivity contribution is 0.0601. The molecule has 0 fully saturated rings. The molecule has 114 valence electrons. The van der Waals surface area contributed by atoms with Crippen LogP contribution in [0.3, 0.4) is 0 Å². The summed E-state index contributed by atoms with van der Waals surface area (Å²) in [6, 6.07) is 10.4. The number of esters is 1. The third-order valence-corrected chi connectivity index (χ3v) is 3.27. The number of thiocarbonyl (C=S) groups is 1. The fourth-order valence-electron chi connectivity index (χ4n) is 1.68. The van der Waals surface area contributed by atoms with E-state index in [2.05, 4.69) is 15.4 Å². The second-order valence-corrected chi connectivity index (χ2v) is 5.09. The van der Waals surface area contributed by atoms with Crippen LogP contribution in [0.5, 0.6) is 0 Å². The topological polar surface area (TPSA) is 50.4 Å². The van der Waals surface area contributed by atoms with Gasteiger partial charge in [-0.1, -0.05) is 11.6 Å². The summed E-state index contributed by atoms with van der Waals surface area (Å²) in [6.45, 7) is 0. The van der Waals surface area contributed by atoms with E-state index in [1.54, 1.807) is 24.3 Å². The van der Waals surface area contributed by atoms with Gasteiger partial charge in [0.25, 0.3) is 0 Å². The highest BCUT2D eigenvalue weighted by atomic mass is 35.5. The van der Waals surface area contributed by atoms with Crippen LogP contribution in [-0.2, 0) is 4.74 Å². The van der Waals surface area contributed by atoms with Crippen molar-refractivity contribution in [1.29, 1.82) is 0 Å². The average Bonchev–Trinajstić information content (AvgIpc) is 2.51. The number of carbonyl (C=O) groups is 1. The first-order chi connectivity index (χ1) is 10.5. The molecule has 22 heavy (non-hydrogen) atoms. The first-order valence-electron chi connectivity index (χ1n) is 6.21. The predicted molar refractivity (Wildman–Crippen MR) is 89.0 cm³/mol. The van der Waals surface area contributed by atoms with Gasteiger partial charge in [-0.15, -0.1) is 0 Å². The number of anilines is 2. The van der Waals surface area contributed by atoms with E-state index in [0.717, 1.165) is 0 Å². The molecule has 0 aliphatic carbocycles. The Hall–Kier alpha value is -2.18. The summed E-state index contributed by atoms with van der Waals surface area (Å²) in [7, 11) is 1.30. The molecule has 2 aromatic carbocycles. The molecule has 2 N–H and O–H groups in total. The quantitative estimate of drug-likeness (QED) is 0.652. The molecule has 0 aliphatic heterocycles. The van der Waals surface area contributed by atoms with E-state index in [4.69, 9.17) is 23.8 Å². The number of hydrogen-bond acceptors (Lipinski definition) is 3. The normalized spacial score (nSPS) is 9.95. The van der Waals surface area contributed by atoms with E-state index in [1.807, 2.05) is 0 Å². The van der Waals surface area contributed by atoms with Gasteiger partial charge in [-0.2, -0.15) is 0 Å². The highest BCUT2D eigenvalue weighted by Crippen LogP contribution is 2.23. The van der Waals surface area contributed by atoms with Crippen LogP contribution >= 0.6 is 23.8 Å². The lowest BCUT2D eigenvalue weighted by Crippen LogP contribution is -2.19. The van der Waals surface area contributed by atoms with Gasteiger partial charge in [-0.3, -0.25) is 0 Å². The van der Waals surface area contributed by atoms with E-state index in [9.17, 15) is 9.18 Å². The SMILES string of the molecule is COC(=O)c1ccc(Cl)c(NC(=S)Nc2ccc(F)cc2)c1. The molecule has 0 spiro atoms. The van der Waals surface area contributed by atoms with E-state index in [1.165, 1.54) is 25.3 Å². The van der Waals surface area contributed by atoms with Crippen molar-refractivity contribution in [2.75, 3.05) is 17.7 Å². The maximum atomic E-state index is 12.8. The Balaban J connectivity index is 2.10. The van der Waals surface area contributed by atoms with Gasteiger partial charge in [0.05, 0.1) is 23.4 Å². The van der Waals surface area contributed by atoms with Crippen molar-refractivity contribution in [3.63, 3.8) is 0 Å². The smallest absolute Gasteiger partial charge is 0.337 e. The fraction of sp³-hybridized carbons (Fsp3) is 0.0667. The van der Waals surface area contributed by atoms with E-state index in [-0.39, 0.29) is 10.9 Å². The number of rotatable bonds is 3. The van der Waals surface area contributed by atoms with Crippen LogP contribution in [0.1, 0.15) is 10.4 Å². The monoisotopic (exact) mass is 338 g/mol. The maximum Gasteiger partial charge on any atom is 0.337 e. The van der Waals surface area contributed by atoms with Gasteiger partial charge in [0.1, 0.15) is 5.82 Å². The zero-order valence-corrected chi connectivity index (χ0v) is 13.1. The maximum absolute atomic E-state index is 12.8. The minimum absolute atomic E-state index is 0.260. The number of nitrogens with one attached hydrogen (secondary N) is 2. The summed E-state index contributed by atoms with van der Waals surface area (Å²) in [5, 5.41) is 6.42. The molecule has 0 bridgehead atoms. The standard InChI is InChI=1S/C15H12ClFN2O2S/c1-21-14(20)9-2-7-12(16)13(8-9)19-15(22)18-11-5-3-10(17)4-6-11/h2-8H,1H3,(H2,18,19,22). The highest BCUT2D eigenvalue weighted by molar-refractivity contribution is 7.80. The van der Waals surface area contributed by atoms with Crippen LogP contribution in [0.15, 0.2) is 42.5 Å². The Kier molecular flexibility index (Phi) is 5.30. The molecule has 0 saturated carbocycles. The van der Waals surface area contributed by atoms with Crippen LogP contribution in [0, 0.1) is 5.82 Å². The first-order valence-corrected chi connectivity index (χ1v) is 6.99. The molecule has 2 aromatic rings. The third kappa shape index (κ3) is 4.16. The van der Waals surface area contributed by atoms with Crippen molar-refractivity contribution in [3.05, 3.63) is 58.9 Å². The van der Waals surface area contributed by atoms with Crippen molar-refractivity contribution in [2.24, 2.45) is 0 Å². The molecule has 0 atom stereocenters. The molecule has 0 aromatic heterocycles. The molecule has 0 saturated heterocycles. The van der Waals surface area contributed by atoms with Crippen molar-refractivity contribution in [1.82, 2.24) is 0 Å². The van der Waals surface area contributed by atoms with E-state index in [0.29, 0.717) is 22.0 Å². The van der Waals surface area contributed by atoms with Crippen LogP contribution in [0.2, 0.25) is 5.02 Å². The Labute approximate surface area is 137 Å². The van der Waals surface area contributed by atoms with Crippen LogP contribution < -0.4 is 10.6 Å². The Morgan fingerprint density at radius 1 is 1.18 bits per heavy atom. The zero-order chi connectivity index (χ0) is 16.1. The number of benzene rings is 2. The Bertz CT molecular complexity index is 707. The first kappa shape index (κ1) is 16.2.